The Balaban J connectivity index is 2.12. The summed E-state index contributed by atoms with van der Waals surface area (Å²) in [7, 11) is 3.57. The number of likely N-dealkylation sites (N-methyl/N-ethyl adjacent to an activating group) is 1. The zero-order chi connectivity index (χ0) is 16.3. The van der Waals surface area contributed by atoms with Crippen LogP contribution in [0.4, 0.5) is 0 Å². The van der Waals surface area contributed by atoms with Crippen LogP contribution in [0.15, 0.2) is 36.5 Å². The highest BCUT2D eigenvalue weighted by atomic mass is 16.3. The fourth-order valence-corrected chi connectivity index (χ4v) is 2.48. The van der Waals surface area contributed by atoms with Crippen molar-refractivity contribution in [3.63, 3.8) is 0 Å². The first-order valence-corrected chi connectivity index (χ1v) is 7.40. The lowest BCUT2D eigenvalue weighted by atomic mass is 10.1. The number of aliphatic hydroxyl groups excluding tert-OH is 1. The van der Waals surface area contributed by atoms with Gasteiger partial charge in [0.25, 0.3) is 5.91 Å². The van der Waals surface area contributed by atoms with Gasteiger partial charge in [0.15, 0.2) is 6.10 Å². The maximum atomic E-state index is 12.4. The molecule has 0 radical (unpaired) electrons. The summed E-state index contributed by atoms with van der Waals surface area (Å²) < 4.78 is 1.76. The highest BCUT2D eigenvalue weighted by molar-refractivity contribution is 5.81. The van der Waals surface area contributed by atoms with Crippen LogP contribution in [0.5, 0.6) is 0 Å². The monoisotopic (exact) mass is 301 g/mol. The lowest BCUT2D eigenvalue weighted by Crippen LogP contribution is -2.31. The molecule has 1 aromatic carbocycles. The Morgan fingerprint density at radius 3 is 2.55 bits per heavy atom. The standard InChI is InChI=1S/C17H23N3O2/c1-12(2)15-14(11-20(4)18-15)10-19(3)17(22)16(21)13-8-6-5-7-9-13/h5-9,11-12,16,21H,10H2,1-4H3. The van der Waals surface area contributed by atoms with E-state index in [-0.39, 0.29) is 5.91 Å². The van der Waals surface area contributed by atoms with E-state index in [0.717, 1.165) is 11.3 Å². The van der Waals surface area contributed by atoms with Crippen molar-refractivity contribution in [2.75, 3.05) is 7.05 Å². The Morgan fingerprint density at radius 1 is 1.32 bits per heavy atom. The molecule has 1 unspecified atom stereocenters. The van der Waals surface area contributed by atoms with Crippen molar-refractivity contribution in [1.29, 1.82) is 0 Å². The van der Waals surface area contributed by atoms with Gasteiger partial charge in [-0.05, 0) is 11.5 Å². The third-order valence-electron chi connectivity index (χ3n) is 3.62. The summed E-state index contributed by atoms with van der Waals surface area (Å²) in [6, 6.07) is 8.97. The van der Waals surface area contributed by atoms with Crippen LogP contribution >= 0.6 is 0 Å². The molecule has 0 bridgehead atoms. The number of aliphatic hydroxyl groups is 1. The van der Waals surface area contributed by atoms with Gasteiger partial charge in [-0.3, -0.25) is 9.48 Å². The second kappa shape index (κ2) is 6.75. The second-order valence-electron chi connectivity index (χ2n) is 5.88. The van der Waals surface area contributed by atoms with Gasteiger partial charge in [-0.15, -0.1) is 0 Å². The molecule has 1 N–H and O–H groups in total. The van der Waals surface area contributed by atoms with Crippen molar-refractivity contribution in [2.24, 2.45) is 7.05 Å². The van der Waals surface area contributed by atoms with Crippen molar-refractivity contribution in [1.82, 2.24) is 14.7 Å². The third-order valence-corrected chi connectivity index (χ3v) is 3.62. The van der Waals surface area contributed by atoms with Crippen molar-refractivity contribution < 1.29 is 9.90 Å². The molecule has 1 atom stereocenters. The summed E-state index contributed by atoms with van der Waals surface area (Å²) in [4.78, 5) is 13.9. The number of nitrogens with zero attached hydrogens (tertiary/aromatic N) is 3. The van der Waals surface area contributed by atoms with E-state index < -0.39 is 6.10 Å². The zero-order valence-corrected chi connectivity index (χ0v) is 13.5. The summed E-state index contributed by atoms with van der Waals surface area (Å²) in [5.74, 6) is -0.0245. The second-order valence-corrected chi connectivity index (χ2v) is 5.88. The van der Waals surface area contributed by atoms with Gasteiger partial charge in [-0.25, -0.2) is 0 Å². The summed E-state index contributed by atoms with van der Waals surface area (Å²) in [6.07, 6.45) is 0.791. The van der Waals surface area contributed by atoms with E-state index in [1.165, 1.54) is 0 Å². The van der Waals surface area contributed by atoms with E-state index in [2.05, 4.69) is 18.9 Å². The predicted molar refractivity (Wildman–Crippen MR) is 85.2 cm³/mol. The molecule has 0 aliphatic carbocycles. The van der Waals surface area contributed by atoms with E-state index in [4.69, 9.17) is 0 Å². The molecule has 0 aliphatic heterocycles. The zero-order valence-electron chi connectivity index (χ0n) is 13.5. The van der Waals surface area contributed by atoms with Gasteiger partial charge in [0, 0.05) is 32.4 Å². The fourth-order valence-electron chi connectivity index (χ4n) is 2.48. The summed E-state index contributed by atoms with van der Waals surface area (Å²) in [5, 5.41) is 14.7. The van der Waals surface area contributed by atoms with Gasteiger partial charge >= 0.3 is 0 Å². The average Bonchev–Trinajstić information content (AvgIpc) is 2.87. The molecule has 0 aliphatic rings. The minimum absolute atomic E-state index is 0.291. The molecule has 2 aromatic rings. The van der Waals surface area contributed by atoms with E-state index in [1.807, 2.05) is 31.4 Å². The van der Waals surface area contributed by atoms with E-state index in [1.54, 1.807) is 28.8 Å². The first-order chi connectivity index (χ1) is 10.4. The molecular weight excluding hydrogens is 278 g/mol. The number of hydrogen-bond donors (Lipinski definition) is 1. The summed E-state index contributed by atoms with van der Waals surface area (Å²) in [5.41, 5.74) is 2.60. The van der Waals surface area contributed by atoms with Gasteiger partial charge in [0.1, 0.15) is 0 Å². The van der Waals surface area contributed by atoms with Crippen molar-refractivity contribution in [3.05, 3.63) is 53.3 Å². The number of aromatic nitrogens is 2. The molecule has 5 heteroatoms. The quantitative estimate of drug-likeness (QED) is 0.921. The maximum Gasteiger partial charge on any atom is 0.256 e. The highest BCUT2D eigenvalue weighted by Crippen LogP contribution is 2.20. The third kappa shape index (κ3) is 3.54. The van der Waals surface area contributed by atoms with Crippen molar-refractivity contribution >= 4 is 5.91 Å². The highest BCUT2D eigenvalue weighted by Gasteiger charge is 2.23. The molecule has 5 nitrogen and oxygen atoms in total. The van der Waals surface area contributed by atoms with Gasteiger partial charge in [0.2, 0.25) is 0 Å². The molecule has 0 fully saturated rings. The van der Waals surface area contributed by atoms with Crippen LogP contribution in [-0.4, -0.2) is 32.7 Å². The van der Waals surface area contributed by atoms with Gasteiger partial charge in [0.05, 0.1) is 5.69 Å². The van der Waals surface area contributed by atoms with Crippen LogP contribution in [0.3, 0.4) is 0 Å². The van der Waals surface area contributed by atoms with Crippen molar-refractivity contribution in [3.8, 4) is 0 Å². The number of aryl methyl sites for hydroxylation is 1. The lowest BCUT2D eigenvalue weighted by molar-refractivity contribution is -0.139. The molecule has 118 valence electrons. The van der Waals surface area contributed by atoms with E-state index in [9.17, 15) is 9.90 Å². The smallest absolute Gasteiger partial charge is 0.256 e. The first kappa shape index (κ1) is 16.2. The van der Waals surface area contributed by atoms with Crippen LogP contribution in [0.1, 0.15) is 42.7 Å². The van der Waals surface area contributed by atoms with Crippen LogP contribution in [0, 0.1) is 0 Å². The lowest BCUT2D eigenvalue weighted by Gasteiger charge is -2.21. The average molecular weight is 301 g/mol. The number of carbonyl (C=O) groups is 1. The summed E-state index contributed by atoms with van der Waals surface area (Å²) >= 11 is 0. The molecule has 0 spiro atoms. The molecule has 2 rings (SSSR count). The predicted octanol–water partition coefficient (Wildman–Crippen LogP) is 2.24. The number of amides is 1. The molecule has 1 amide bonds. The Labute approximate surface area is 131 Å². The fraction of sp³-hybridized carbons (Fsp3) is 0.412. The minimum Gasteiger partial charge on any atom is -0.378 e. The SMILES string of the molecule is CC(C)c1nn(C)cc1CN(C)C(=O)C(O)c1ccccc1. The molecule has 22 heavy (non-hydrogen) atoms. The van der Waals surface area contributed by atoms with E-state index >= 15 is 0 Å². The number of benzene rings is 1. The topological polar surface area (TPSA) is 58.4 Å². The number of carbonyl (C=O) groups excluding carboxylic acids is 1. The Hall–Kier alpha value is -2.14. The number of rotatable bonds is 5. The molecule has 0 saturated heterocycles. The van der Waals surface area contributed by atoms with Crippen molar-refractivity contribution in [2.45, 2.75) is 32.4 Å². The van der Waals surface area contributed by atoms with Crippen LogP contribution in [0.2, 0.25) is 0 Å². The first-order valence-electron chi connectivity index (χ1n) is 7.40. The van der Waals surface area contributed by atoms with E-state index in [0.29, 0.717) is 18.0 Å². The van der Waals surface area contributed by atoms with Gasteiger partial charge < -0.3 is 10.0 Å². The number of hydrogen-bond acceptors (Lipinski definition) is 3. The van der Waals surface area contributed by atoms with Gasteiger partial charge in [-0.1, -0.05) is 44.2 Å². The maximum absolute atomic E-state index is 12.4. The normalized spacial score (nSPS) is 12.5. The molecule has 1 heterocycles. The van der Waals surface area contributed by atoms with Crippen LogP contribution in [0.25, 0.3) is 0 Å². The molecular formula is C17H23N3O2. The van der Waals surface area contributed by atoms with Gasteiger partial charge in [-0.2, -0.15) is 5.10 Å². The Kier molecular flexibility index (Phi) is 4.98. The molecule has 1 aromatic heterocycles. The van der Waals surface area contributed by atoms with Crippen LogP contribution in [-0.2, 0) is 18.4 Å². The molecule has 0 saturated carbocycles. The Bertz CT molecular complexity index is 635. The van der Waals surface area contributed by atoms with Crippen LogP contribution < -0.4 is 0 Å². The largest absolute Gasteiger partial charge is 0.378 e. The summed E-state index contributed by atoms with van der Waals surface area (Å²) in [6.45, 7) is 4.59. The minimum atomic E-state index is -1.13. The Morgan fingerprint density at radius 2 is 1.95 bits per heavy atom.